The number of fused-ring (bicyclic) bond motifs is 1. The number of methoxy groups -OCH3 is 1. The van der Waals surface area contributed by atoms with Crippen molar-refractivity contribution in [3.63, 3.8) is 0 Å². The molecule has 1 aromatic carbocycles. The standard InChI is InChI=1S/C23H21F3N6O3S/c1-35-18-8-5-15(10-19(18)36(2,33)34)16-6-7-17-20(30-16)21(29-13-23(24,25)26)32-22(31-17)28-12-14-4-3-9-27-11-14/h3-11H,12-13H2,1-2H3,(H2,28,29,31,32). The lowest BCUT2D eigenvalue weighted by Crippen LogP contribution is -2.22. The molecule has 4 aromatic rings. The Hall–Kier alpha value is -4.00. The van der Waals surface area contributed by atoms with E-state index in [4.69, 9.17) is 4.74 Å². The van der Waals surface area contributed by atoms with Crippen molar-refractivity contribution in [2.45, 2.75) is 17.6 Å². The van der Waals surface area contributed by atoms with Crippen LogP contribution in [0.1, 0.15) is 5.56 Å². The van der Waals surface area contributed by atoms with Gasteiger partial charge in [0.2, 0.25) is 5.95 Å². The van der Waals surface area contributed by atoms with Crippen molar-refractivity contribution < 1.29 is 26.3 Å². The van der Waals surface area contributed by atoms with Crippen LogP contribution in [0.2, 0.25) is 0 Å². The van der Waals surface area contributed by atoms with Gasteiger partial charge in [0.25, 0.3) is 0 Å². The van der Waals surface area contributed by atoms with Gasteiger partial charge >= 0.3 is 6.18 Å². The molecule has 0 saturated heterocycles. The summed E-state index contributed by atoms with van der Waals surface area (Å²) in [7, 11) is -2.26. The fourth-order valence-electron chi connectivity index (χ4n) is 3.37. The van der Waals surface area contributed by atoms with Gasteiger partial charge in [0, 0.05) is 30.8 Å². The van der Waals surface area contributed by atoms with Crippen LogP contribution in [0, 0.1) is 0 Å². The Labute approximate surface area is 204 Å². The second-order valence-electron chi connectivity index (χ2n) is 7.78. The Morgan fingerprint density at radius 2 is 1.83 bits per heavy atom. The molecule has 0 unspecified atom stereocenters. The Morgan fingerprint density at radius 3 is 2.50 bits per heavy atom. The molecule has 0 aliphatic rings. The van der Waals surface area contributed by atoms with Crippen LogP contribution in [0.4, 0.5) is 24.9 Å². The highest BCUT2D eigenvalue weighted by atomic mass is 32.2. The van der Waals surface area contributed by atoms with E-state index < -0.39 is 22.6 Å². The third-order valence-electron chi connectivity index (χ3n) is 5.03. The fraction of sp³-hybridized carbons (Fsp3) is 0.217. The number of hydrogen-bond acceptors (Lipinski definition) is 9. The molecule has 3 heterocycles. The molecule has 0 atom stereocenters. The van der Waals surface area contributed by atoms with Gasteiger partial charge in [-0.05, 0) is 42.0 Å². The number of ether oxygens (including phenoxy) is 1. The molecule has 3 aromatic heterocycles. The van der Waals surface area contributed by atoms with Crippen LogP contribution in [0.25, 0.3) is 22.3 Å². The summed E-state index contributed by atoms with van der Waals surface area (Å²) in [5, 5.41) is 5.27. The summed E-state index contributed by atoms with van der Waals surface area (Å²) in [4.78, 5) is 17.0. The normalized spacial score (nSPS) is 11.9. The lowest BCUT2D eigenvalue weighted by molar-refractivity contribution is -0.115. The summed E-state index contributed by atoms with van der Waals surface area (Å²) in [5.74, 6) is 0.154. The number of alkyl halides is 3. The van der Waals surface area contributed by atoms with E-state index in [0.717, 1.165) is 11.8 Å². The number of pyridine rings is 2. The summed E-state index contributed by atoms with van der Waals surface area (Å²) >= 11 is 0. The number of sulfone groups is 1. The first-order valence-corrected chi connectivity index (χ1v) is 12.4. The molecule has 4 rings (SSSR count). The maximum Gasteiger partial charge on any atom is 0.405 e. The van der Waals surface area contributed by atoms with Crippen molar-refractivity contribution >= 4 is 32.6 Å². The van der Waals surface area contributed by atoms with Gasteiger partial charge in [0.05, 0.1) is 18.3 Å². The number of aromatic nitrogens is 4. The molecule has 0 fully saturated rings. The third-order valence-corrected chi connectivity index (χ3v) is 6.15. The SMILES string of the molecule is COc1ccc(-c2ccc3nc(NCc4cccnc4)nc(NCC(F)(F)F)c3n2)cc1S(C)(=O)=O. The minimum atomic E-state index is -4.49. The maximum absolute atomic E-state index is 13.0. The van der Waals surface area contributed by atoms with Crippen molar-refractivity contribution in [1.29, 1.82) is 0 Å². The number of rotatable bonds is 8. The predicted molar refractivity (Wildman–Crippen MR) is 129 cm³/mol. The van der Waals surface area contributed by atoms with Crippen molar-refractivity contribution in [3.05, 3.63) is 60.4 Å². The van der Waals surface area contributed by atoms with Crippen molar-refractivity contribution in [3.8, 4) is 17.0 Å². The number of nitrogens with one attached hydrogen (secondary N) is 2. The van der Waals surface area contributed by atoms with E-state index >= 15 is 0 Å². The van der Waals surface area contributed by atoms with Crippen LogP contribution >= 0.6 is 0 Å². The first-order chi connectivity index (χ1) is 17.0. The molecule has 36 heavy (non-hydrogen) atoms. The van der Waals surface area contributed by atoms with Crippen LogP contribution in [0.15, 0.2) is 59.8 Å². The lowest BCUT2D eigenvalue weighted by atomic mass is 10.1. The monoisotopic (exact) mass is 518 g/mol. The van der Waals surface area contributed by atoms with E-state index in [9.17, 15) is 21.6 Å². The van der Waals surface area contributed by atoms with Crippen LogP contribution < -0.4 is 15.4 Å². The van der Waals surface area contributed by atoms with Crippen LogP contribution in [-0.2, 0) is 16.4 Å². The van der Waals surface area contributed by atoms with Crippen molar-refractivity contribution in [2.75, 3.05) is 30.5 Å². The first kappa shape index (κ1) is 25.1. The molecule has 9 nitrogen and oxygen atoms in total. The van der Waals surface area contributed by atoms with Crippen LogP contribution in [0.3, 0.4) is 0 Å². The van der Waals surface area contributed by atoms with Gasteiger partial charge in [-0.25, -0.2) is 18.4 Å². The molecule has 0 spiro atoms. The summed E-state index contributed by atoms with van der Waals surface area (Å²) in [6.07, 6.45) is -0.168. The van der Waals surface area contributed by atoms with Crippen molar-refractivity contribution in [2.24, 2.45) is 0 Å². The minimum Gasteiger partial charge on any atom is -0.495 e. The molecule has 0 saturated carbocycles. The summed E-state index contributed by atoms with van der Waals surface area (Å²) in [5.41, 5.74) is 1.98. The topological polar surface area (TPSA) is 119 Å². The third kappa shape index (κ3) is 5.97. The quantitative estimate of drug-likeness (QED) is 0.356. The molecule has 13 heteroatoms. The number of hydrogen-bond donors (Lipinski definition) is 2. The lowest BCUT2D eigenvalue weighted by Gasteiger charge is -2.14. The van der Waals surface area contributed by atoms with Gasteiger partial charge in [-0.15, -0.1) is 0 Å². The molecule has 0 aliphatic carbocycles. The van der Waals surface area contributed by atoms with Crippen LogP contribution in [-0.4, -0.2) is 54.4 Å². The number of benzene rings is 1. The molecule has 0 aliphatic heterocycles. The zero-order valence-electron chi connectivity index (χ0n) is 19.2. The van der Waals surface area contributed by atoms with Gasteiger partial charge < -0.3 is 15.4 Å². The second kappa shape index (κ2) is 9.93. The first-order valence-electron chi connectivity index (χ1n) is 10.5. The molecular formula is C23H21F3N6O3S. The van der Waals surface area contributed by atoms with Crippen LogP contribution in [0.5, 0.6) is 5.75 Å². The van der Waals surface area contributed by atoms with E-state index in [1.54, 1.807) is 36.7 Å². The van der Waals surface area contributed by atoms with Gasteiger partial charge in [0.15, 0.2) is 15.7 Å². The average Bonchev–Trinajstić information content (AvgIpc) is 2.85. The molecule has 0 amide bonds. The Kier molecular flexibility index (Phi) is 6.93. The van der Waals surface area contributed by atoms with E-state index in [1.807, 2.05) is 6.07 Å². The zero-order valence-corrected chi connectivity index (χ0v) is 20.0. The highest BCUT2D eigenvalue weighted by Gasteiger charge is 2.27. The molecule has 2 N–H and O–H groups in total. The number of nitrogens with zero attached hydrogens (tertiary/aromatic N) is 4. The minimum absolute atomic E-state index is 0.0361. The van der Waals surface area contributed by atoms with Gasteiger partial charge in [0.1, 0.15) is 22.7 Å². The highest BCUT2D eigenvalue weighted by molar-refractivity contribution is 7.90. The fourth-order valence-corrected chi connectivity index (χ4v) is 4.23. The zero-order chi connectivity index (χ0) is 25.9. The summed E-state index contributed by atoms with van der Waals surface area (Å²) < 4.78 is 68.4. The van der Waals surface area contributed by atoms with E-state index in [-0.39, 0.29) is 27.9 Å². The molecule has 188 valence electrons. The Morgan fingerprint density at radius 1 is 1.03 bits per heavy atom. The smallest absolute Gasteiger partial charge is 0.405 e. The Balaban J connectivity index is 1.76. The highest BCUT2D eigenvalue weighted by Crippen LogP contribution is 2.31. The second-order valence-corrected chi connectivity index (χ2v) is 9.77. The number of anilines is 2. The summed E-state index contributed by atoms with van der Waals surface area (Å²) in [6.45, 7) is -1.02. The van der Waals surface area contributed by atoms with Gasteiger partial charge in [-0.1, -0.05) is 6.07 Å². The average molecular weight is 519 g/mol. The predicted octanol–water partition coefficient (Wildman–Crippen LogP) is 4.09. The van der Waals surface area contributed by atoms with E-state index in [0.29, 0.717) is 23.3 Å². The number of halogens is 3. The van der Waals surface area contributed by atoms with Crippen molar-refractivity contribution in [1.82, 2.24) is 19.9 Å². The van der Waals surface area contributed by atoms with Gasteiger partial charge in [-0.3, -0.25) is 4.98 Å². The molecule has 0 bridgehead atoms. The van der Waals surface area contributed by atoms with E-state index in [2.05, 4.69) is 30.6 Å². The van der Waals surface area contributed by atoms with Gasteiger partial charge in [-0.2, -0.15) is 18.2 Å². The Bertz CT molecular complexity index is 1500. The van der Waals surface area contributed by atoms with E-state index in [1.165, 1.54) is 19.2 Å². The largest absolute Gasteiger partial charge is 0.495 e. The summed E-state index contributed by atoms with van der Waals surface area (Å²) in [6, 6.07) is 11.3. The molecular weight excluding hydrogens is 497 g/mol. The maximum atomic E-state index is 13.0. The molecule has 0 radical (unpaired) electrons.